The van der Waals surface area contributed by atoms with Crippen molar-refractivity contribution in [3.05, 3.63) is 88.7 Å². The van der Waals surface area contributed by atoms with Crippen molar-refractivity contribution < 1.29 is 22.3 Å². The first-order valence-corrected chi connectivity index (χ1v) is 13.3. The summed E-state index contributed by atoms with van der Waals surface area (Å²) in [4.78, 5) is 14.8. The number of hydrogen-bond acceptors (Lipinski definition) is 4. The lowest BCUT2D eigenvalue weighted by molar-refractivity contribution is 0.0724. The summed E-state index contributed by atoms with van der Waals surface area (Å²) in [6.07, 6.45) is 3.05. The van der Waals surface area contributed by atoms with Gasteiger partial charge in [0.05, 0.1) is 10.6 Å². The number of carbonyl (C=O) groups is 1. The van der Waals surface area contributed by atoms with E-state index in [0.29, 0.717) is 40.7 Å². The number of hydrogen-bond donors (Lipinski definition) is 0. The maximum absolute atomic E-state index is 13.8. The van der Waals surface area contributed by atoms with Crippen LogP contribution >= 0.6 is 11.6 Å². The van der Waals surface area contributed by atoms with E-state index in [1.807, 2.05) is 4.90 Å². The number of anilines is 1. The molecule has 1 unspecified atom stereocenters. The molecule has 2 heterocycles. The molecule has 9 heteroatoms. The van der Waals surface area contributed by atoms with Crippen LogP contribution in [0.1, 0.15) is 41.2 Å². The second kappa shape index (κ2) is 9.51. The number of sulfonamides is 1. The van der Waals surface area contributed by atoms with Gasteiger partial charge in [-0.15, -0.1) is 0 Å². The molecule has 1 saturated heterocycles. The van der Waals surface area contributed by atoms with Gasteiger partial charge in [0.25, 0.3) is 15.9 Å². The standard InChI is InChI=1S/C26H24ClFN2O4S/c27-20-7-4-18(5-8-20)24-17-34-25-16-19(26(31)29-14-2-1-3-15-29)6-13-23(25)30(24)35(32,33)22-11-9-21(28)10-12-22/h4-13,16,24H,1-3,14-15,17H2. The Morgan fingerprint density at radius 2 is 1.63 bits per heavy atom. The number of carbonyl (C=O) groups excluding carboxylic acids is 1. The van der Waals surface area contributed by atoms with Gasteiger partial charge in [-0.1, -0.05) is 23.7 Å². The third-order valence-corrected chi connectivity index (χ3v) is 8.48. The quantitative estimate of drug-likeness (QED) is 0.465. The number of fused-ring (bicyclic) bond motifs is 1. The lowest BCUT2D eigenvalue weighted by Crippen LogP contribution is -2.41. The molecule has 2 aliphatic rings. The van der Waals surface area contributed by atoms with Crippen LogP contribution in [0.2, 0.25) is 5.02 Å². The molecular weight excluding hydrogens is 491 g/mol. The fraction of sp³-hybridized carbons (Fsp3) is 0.269. The van der Waals surface area contributed by atoms with Gasteiger partial charge in [-0.05, 0) is 79.4 Å². The van der Waals surface area contributed by atoms with Crippen molar-refractivity contribution >= 4 is 33.2 Å². The molecule has 0 saturated carbocycles. The SMILES string of the molecule is O=C(c1ccc2c(c1)OCC(c1ccc(Cl)cc1)N2S(=O)(=O)c1ccc(F)cc1)N1CCCCC1. The van der Waals surface area contributed by atoms with Gasteiger partial charge >= 0.3 is 0 Å². The molecule has 0 aliphatic carbocycles. The predicted molar refractivity (Wildman–Crippen MR) is 132 cm³/mol. The summed E-state index contributed by atoms with van der Waals surface area (Å²) < 4.78 is 48.5. The van der Waals surface area contributed by atoms with E-state index >= 15 is 0 Å². The molecule has 3 aromatic rings. The molecule has 35 heavy (non-hydrogen) atoms. The molecule has 0 radical (unpaired) electrons. The zero-order valence-corrected chi connectivity index (χ0v) is 20.4. The zero-order chi connectivity index (χ0) is 24.6. The topological polar surface area (TPSA) is 66.9 Å². The molecule has 1 atom stereocenters. The molecule has 2 aliphatic heterocycles. The summed E-state index contributed by atoms with van der Waals surface area (Å²) in [6.45, 7) is 1.46. The van der Waals surface area contributed by atoms with Crippen molar-refractivity contribution in [2.75, 3.05) is 24.0 Å². The second-order valence-electron chi connectivity index (χ2n) is 8.67. The maximum Gasteiger partial charge on any atom is 0.265 e. The van der Waals surface area contributed by atoms with Gasteiger partial charge in [-0.25, -0.2) is 12.8 Å². The van der Waals surface area contributed by atoms with Gasteiger partial charge in [0.2, 0.25) is 0 Å². The van der Waals surface area contributed by atoms with Crippen LogP contribution in [-0.4, -0.2) is 38.9 Å². The third-order valence-electron chi connectivity index (χ3n) is 6.39. The number of halogens is 2. The van der Waals surface area contributed by atoms with Crippen molar-refractivity contribution in [3.8, 4) is 5.75 Å². The molecular formula is C26H24ClFN2O4S. The van der Waals surface area contributed by atoms with E-state index in [-0.39, 0.29) is 17.4 Å². The number of nitrogens with zero attached hydrogens (tertiary/aromatic N) is 2. The lowest BCUT2D eigenvalue weighted by atomic mass is 10.0. The molecule has 1 fully saturated rings. The van der Waals surface area contributed by atoms with Crippen molar-refractivity contribution in [2.24, 2.45) is 0 Å². The minimum atomic E-state index is -4.09. The van der Waals surface area contributed by atoms with Gasteiger partial charge in [-0.2, -0.15) is 0 Å². The Morgan fingerprint density at radius 1 is 0.943 bits per heavy atom. The average Bonchev–Trinajstić information content (AvgIpc) is 2.88. The van der Waals surface area contributed by atoms with Crippen molar-refractivity contribution in [1.82, 2.24) is 4.90 Å². The summed E-state index contributed by atoms with van der Waals surface area (Å²) in [5.41, 5.74) is 1.46. The fourth-order valence-electron chi connectivity index (χ4n) is 4.56. The first-order valence-electron chi connectivity index (χ1n) is 11.5. The van der Waals surface area contributed by atoms with Crippen molar-refractivity contribution in [2.45, 2.75) is 30.2 Å². The Labute approximate surface area is 208 Å². The maximum atomic E-state index is 13.8. The Kier molecular flexibility index (Phi) is 6.42. The van der Waals surface area contributed by atoms with Crippen LogP contribution in [0.25, 0.3) is 0 Å². The number of rotatable bonds is 4. The highest BCUT2D eigenvalue weighted by molar-refractivity contribution is 7.92. The van der Waals surface area contributed by atoms with Gasteiger partial charge in [0.15, 0.2) is 0 Å². The Hall–Kier alpha value is -3.10. The largest absolute Gasteiger partial charge is 0.489 e. The zero-order valence-electron chi connectivity index (χ0n) is 18.9. The first kappa shape index (κ1) is 23.6. The molecule has 0 spiro atoms. The molecule has 0 aromatic heterocycles. The van der Waals surface area contributed by atoms with Gasteiger partial charge in [0, 0.05) is 23.7 Å². The highest BCUT2D eigenvalue weighted by atomic mass is 35.5. The Balaban J connectivity index is 1.58. The smallest absolute Gasteiger partial charge is 0.265 e. The average molecular weight is 515 g/mol. The monoisotopic (exact) mass is 514 g/mol. The van der Waals surface area contributed by atoms with Crippen LogP contribution in [0.15, 0.2) is 71.6 Å². The van der Waals surface area contributed by atoms with Crippen LogP contribution in [0, 0.1) is 5.82 Å². The van der Waals surface area contributed by atoms with Crippen LogP contribution < -0.4 is 9.04 Å². The van der Waals surface area contributed by atoms with Crippen LogP contribution in [-0.2, 0) is 10.0 Å². The molecule has 5 rings (SSSR count). The minimum absolute atomic E-state index is 0.0381. The molecule has 0 bridgehead atoms. The summed E-state index contributed by atoms with van der Waals surface area (Å²) in [6, 6.07) is 15.8. The number of amides is 1. The van der Waals surface area contributed by atoms with Crippen LogP contribution in [0.3, 0.4) is 0 Å². The number of likely N-dealkylation sites (tertiary alicyclic amines) is 1. The van der Waals surface area contributed by atoms with Crippen molar-refractivity contribution in [3.63, 3.8) is 0 Å². The highest BCUT2D eigenvalue weighted by Gasteiger charge is 2.38. The fourth-order valence-corrected chi connectivity index (χ4v) is 6.32. The minimum Gasteiger partial charge on any atom is -0.489 e. The number of ether oxygens (including phenoxy) is 1. The Morgan fingerprint density at radius 3 is 2.31 bits per heavy atom. The van der Waals surface area contributed by atoms with E-state index in [4.69, 9.17) is 16.3 Å². The lowest BCUT2D eigenvalue weighted by Gasteiger charge is -2.38. The summed E-state index contributed by atoms with van der Waals surface area (Å²) in [5.74, 6) is -0.311. The van der Waals surface area contributed by atoms with Crippen molar-refractivity contribution in [1.29, 1.82) is 0 Å². The Bertz CT molecular complexity index is 1340. The molecule has 6 nitrogen and oxygen atoms in total. The van der Waals surface area contributed by atoms with E-state index in [1.54, 1.807) is 42.5 Å². The first-order chi connectivity index (χ1) is 16.8. The van der Waals surface area contributed by atoms with Gasteiger partial charge in [0.1, 0.15) is 24.2 Å². The van der Waals surface area contributed by atoms with Crippen LogP contribution in [0.5, 0.6) is 5.75 Å². The summed E-state index contributed by atoms with van der Waals surface area (Å²) >= 11 is 6.05. The van der Waals surface area contributed by atoms with E-state index < -0.39 is 21.9 Å². The van der Waals surface area contributed by atoms with Gasteiger partial charge in [-0.3, -0.25) is 9.10 Å². The number of piperidine rings is 1. The van der Waals surface area contributed by atoms with Crippen LogP contribution in [0.4, 0.5) is 10.1 Å². The van der Waals surface area contributed by atoms with E-state index in [0.717, 1.165) is 31.4 Å². The highest BCUT2D eigenvalue weighted by Crippen LogP contribution is 2.43. The molecule has 0 N–H and O–H groups in total. The molecule has 1 amide bonds. The molecule has 3 aromatic carbocycles. The third kappa shape index (κ3) is 4.60. The van der Waals surface area contributed by atoms with E-state index in [9.17, 15) is 17.6 Å². The predicted octanol–water partition coefficient (Wildman–Crippen LogP) is 5.43. The summed E-state index contributed by atoms with van der Waals surface area (Å²) in [7, 11) is -4.09. The molecule has 182 valence electrons. The van der Waals surface area contributed by atoms with E-state index in [2.05, 4.69) is 0 Å². The summed E-state index contributed by atoms with van der Waals surface area (Å²) in [5, 5.41) is 0.527. The number of benzene rings is 3. The van der Waals surface area contributed by atoms with E-state index in [1.165, 1.54) is 16.4 Å². The normalized spacial score (nSPS) is 18.1. The van der Waals surface area contributed by atoms with Gasteiger partial charge < -0.3 is 9.64 Å². The second-order valence-corrected chi connectivity index (χ2v) is 10.9.